The fourth-order valence-corrected chi connectivity index (χ4v) is 3.69. The van der Waals surface area contributed by atoms with Crippen LogP contribution in [0.2, 0.25) is 0 Å². The van der Waals surface area contributed by atoms with Crippen LogP contribution in [0.5, 0.6) is 0 Å². The highest BCUT2D eigenvalue weighted by atomic mass is 32.2. The number of rotatable bonds is 6. The average molecular weight is 403 g/mol. The van der Waals surface area contributed by atoms with Gasteiger partial charge in [-0.25, -0.2) is 9.97 Å². The zero-order chi connectivity index (χ0) is 20.2. The minimum Gasteiger partial charge on any atom is -0.755 e. The van der Waals surface area contributed by atoms with Gasteiger partial charge in [0.05, 0.1) is 5.52 Å². The Morgan fingerprint density at radius 2 is 1.69 bits per heavy atom. The molecular weight excluding hydrogens is 384 g/mol. The second-order valence-electron chi connectivity index (χ2n) is 6.40. The number of aromatic nitrogens is 2. The first-order valence-corrected chi connectivity index (χ1v) is 10.2. The molecule has 29 heavy (non-hydrogen) atoms. The molecule has 0 saturated heterocycles. The second-order valence-corrected chi connectivity index (χ2v) is 7.28. The van der Waals surface area contributed by atoms with Crippen molar-refractivity contribution in [2.75, 3.05) is 16.2 Å². The molecule has 4 rings (SSSR count). The summed E-state index contributed by atoms with van der Waals surface area (Å²) >= 11 is -2.29. The van der Waals surface area contributed by atoms with Gasteiger partial charge in [-0.3, -0.25) is 4.21 Å². The molecule has 1 heterocycles. The van der Waals surface area contributed by atoms with Crippen molar-refractivity contribution >= 4 is 39.4 Å². The Labute approximate surface area is 171 Å². The van der Waals surface area contributed by atoms with E-state index >= 15 is 0 Å². The van der Waals surface area contributed by atoms with Gasteiger partial charge in [-0.1, -0.05) is 36.4 Å². The summed E-state index contributed by atoms with van der Waals surface area (Å²) in [5, 5.41) is 4.25. The highest BCUT2D eigenvalue weighted by Gasteiger charge is 2.08. The molecule has 146 valence electrons. The fraction of sp³-hybridized carbons (Fsp3) is 0.0909. The molecule has 1 unspecified atom stereocenters. The van der Waals surface area contributed by atoms with Gasteiger partial charge in [-0.2, -0.15) is 0 Å². The van der Waals surface area contributed by atoms with Crippen LogP contribution >= 0.6 is 0 Å². The van der Waals surface area contributed by atoms with Crippen LogP contribution in [0.1, 0.15) is 6.92 Å². The number of hydrogen-bond donors (Lipinski definition) is 1. The summed E-state index contributed by atoms with van der Waals surface area (Å²) in [4.78, 5) is 8.77. The van der Waals surface area contributed by atoms with E-state index < -0.39 is 11.3 Å². The minimum absolute atomic E-state index is 0.386. The van der Waals surface area contributed by atoms with Crippen molar-refractivity contribution < 1.29 is 8.76 Å². The summed E-state index contributed by atoms with van der Waals surface area (Å²) in [6.07, 6.45) is 1.55. The van der Waals surface area contributed by atoms with Crippen molar-refractivity contribution in [2.24, 2.45) is 0 Å². The van der Waals surface area contributed by atoms with Crippen LogP contribution in [-0.2, 0) is 11.3 Å². The predicted molar refractivity (Wildman–Crippen MR) is 117 cm³/mol. The number of para-hydroxylation sites is 1. The van der Waals surface area contributed by atoms with E-state index in [1.54, 1.807) is 13.3 Å². The topological polar surface area (TPSA) is 81.2 Å². The van der Waals surface area contributed by atoms with Crippen LogP contribution in [-0.4, -0.2) is 25.3 Å². The van der Waals surface area contributed by atoms with Gasteiger partial charge in [0.25, 0.3) is 0 Å². The molecule has 3 aromatic carbocycles. The maximum Gasteiger partial charge on any atom is 0.141 e. The average Bonchev–Trinajstić information content (AvgIpc) is 2.75. The Hall–Kier alpha value is -3.29. The molecule has 1 atom stereocenters. The number of benzene rings is 3. The van der Waals surface area contributed by atoms with Crippen molar-refractivity contribution in [1.82, 2.24) is 9.97 Å². The van der Waals surface area contributed by atoms with Crippen molar-refractivity contribution in [3.8, 4) is 11.1 Å². The molecule has 0 aliphatic rings. The molecule has 0 aliphatic carbocycles. The first-order chi connectivity index (χ1) is 14.2. The Morgan fingerprint density at radius 1 is 0.966 bits per heavy atom. The molecule has 4 aromatic rings. The lowest BCUT2D eigenvalue weighted by Gasteiger charge is -2.24. The van der Waals surface area contributed by atoms with E-state index in [1.165, 1.54) is 4.31 Å². The summed E-state index contributed by atoms with van der Waals surface area (Å²) in [5.74, 6) is 0.735. The van der Waals surface area contributed by atoms with Crippen LogP contribution < -0.4 is 9.62 Å². The van der Waals surface area contributed by atoms with Gasteiger partial charge in [-0.15, -0.1) is 0 Å². The van der Waals surface area contributed by atoms with Crippen LogP contribution in [0.4, 0.5) is 17.2 Å². The van der Waals surface area contributed by atoms with Gasteiger partial charge in [0.2, 0.25) is 0 Å². The minimum atomic E-state index is -2.29. The van der Waals surface area contributed by atoms with Crippen LogP contribution in [0.15, 0.2) is 79.1 Å². The van der Waals surface area contributed by atoms with E-state index in [1.807, 2.05) is 72.8 Å². The molecular formula is C22H19N4O2S-. The predicted octanol–water partition coefficient (Wildman–Crippen LogP) is 4.66. The number of fused-ring (bicyclic) bond motifs is 1. The van der Waals surface area contributed by atoms with E-state index in [0.717, 1.165) is 33.5 Å². The largest absolute Gasteiger partial charge is 0.755 e. The molecule has 0 radical (unpaired) electrons. The van der Waals surface area contributed by atoms with Gasteiger partial charge >= 0.3 is 0 Å². The smallest absolute Gasteiger partial charge is 0.141 e. The quantitative estimate of drug-likeness (QED) is 0.474. The van der Waals surface area contributed by atoms with E-state index in [4.69, 9.17) is 0 Å². The van der Waals surface area contributed by atoms with E-state index in [-0.39, 0.29) is 0 Å². The van der Waals surface area contributed by atoms with E-state index in [0.29, 0.717) is 12.2 Å². The van der Waals surface area contributed by atoms with Gasteiger partial charge in [0.1, 0.15) is 12.1 Å². The Bertz CT molecular complexity index is 1150. The summed E-state index contributed by atoms with van der Waals surface area (Å²) in [6.45, 7) is 2.19. The Morgan fingerprint density at radius 3 is 2.38 bits per heavy atom. The second kappa shape index (κ2) is 8.38. The van der Waals surface area contributed by atoms with Gasteiger partial charge in [0, 0.05) is 34.6 Å². The third-order valence-electron chi connectivity index (χ3n) is 4.63. The molecule has 6 nitrogen and oxygen atoms in total. The first-order valence-electron chi connectivity index (χ1n) is 9.20. The number of nitrogens with one attached hydrogen (secondary N) is 1. The summed E-state index contributed by atoms with van der Waals surface area (Å²) in [5.41, 5.74) is 4.42. The zero-order valence-corrected chi connectivity index (χ0v) is 16.6. The standard InChI is InChI=1S/C22H20N4O2S/c1-2-26(29(27)28)19-11-8-16(9-12-19)17-10-13-21-20(14-17)22(24-15-23-21)25-18-6-4-3-5-7-18/h3-15H,2H2,1H3,(H,27,28)(H,23,24,25)/p-1. The van der Waals surface area contributed by atoms with Gasteiger partial charge < -0.3 is 14.2 Å². The molecule has 0 spiro atoms. The lowest BCUT2D eigenvalue weighted by molar-refractivity contribution is 0.533. The molecule has 0 aliphatic heterocycles. The summed E-state index contributed by atoms with van der Waals surface area (Å²) in [7, 11) is 0. The SMILES string of the molecule is CCN(c1ccc(-c2ccc3ncnc(Nc4ccccc4)c3c2)cc1)S(=O)[O-]. The lowest BCUT2D eigenvalue weighted by atomic mass is 10.0. The molecule has 7 heteroatoms. The zero-order valence-electron chi connectivity index (χ0n) is 15.8. The number of nitrogens with zero attached hydrogens (tertiary/aromatic N) is 3. The molecule has 0 bridgehead atoms. The molecule has 0 amide bonds. The van der Waals surface area contributed by atoms with Crippen LogP contribution in [0.25, 0.3) is 22.0 Å². The van der Waals surface area contributed by atoms with Gasteiger partial charge in [0.15, 0.2) is 0 Å². The molecule has 0 saturated carbocycles. The fourth-order valence-electron chi connectivity index (χ4n) is 3.19. The lowest BCUT2D eigenvalue weighted by Crippen LogP contribution is -2.24. The third-order valence-corrected chi connectivity index (χ3v) is 5.46. The number of hydrogen-bond acceptors (Lipinski definition) is 5. The van der Waals surface area contributed by atoms with Crippen LogP contribution in [0, 0.1) is 0 Å². The van der Waals surface area contributed by atoms with Crippen molar-refractivity contribution in [2.45, 2.75) is 6.92 Å². The third kappa shape index (κ3) is 4.11. The van der Waals surface area contributed by atoms with Gasteiger partial charge in [-0.05, 0) is 54.4 Å². The molecule has 0 fully saturated rings. The Kier molecular flexibility index (Phi) is 5.50. The van der Waals surface area contributed by atoms with E-state index in [2.05, 4.69) is 15.3 Å². The maximum absolute atomic E-state index is 11.3. The van der Waals surface area contributed by atoms with Crippen molar-refractivity contribution in [3.63, 3.8) is 0 Å². The van der Waals surface area contributed by atoms with Crippen LogP contribution in [0.3, 0.4) is 0 Å². The van der Waals surface area contributed by atoms with Crippen molar-refractivity contribution in [3.05, 3.63) is 79.1 Å². The van der Waals surface area contributed by atoms with E-state index in [9.17, 15) is 8.76 Å². The normalized spacial score (nSPS) is 11.9. The van der Waals surface area contributed by atoms with Crippen molar-refractivity contribution in [1.29, 1.82) is 0 Å². The monoisotopic (exact) mass is 403 g/mol. The molecule has 1 N–H and O–H groups in total. The Balaban J connectivity index is 1.70. The highest BCUT2D eigenvalue weighted by Crippen LogP contribution is 2.29. The highest BCUT2D eigenvalue weighted by molar-refractivity contribution is 7.80. The summed E-state index contributed by atoms with van der Waals surface area (Å²) < 4.78 is 24.0. The first kappa shape index (κ1) is 19.0. The summed E-state index contributed by atoms with van der Waals surface area (Å²) in [6, 6.07) is 23.3. The maximum atomic E-state index is 11.3. The number of anilines is 3. The molecule has 1 aromatic heterocycles.